The molecule has 5 nitrogen and oxygen atoms in total. The highest BCUT2D eigenvalue weighted by atomic mass is 79.9. The summed E-state index contributed by atoms with van der Waals surface area (Å²) in [6, 6.07) is 10.9. The van der Waals surface area contributed by atoms with E-state index in [2.05, 4.69) is 15.9 Å². The number of nitrogens with zero attached hydrogens (tertiary/aromatic N) is 2. The van der Waals surface area contributed by atoms with E-state index in [0.717, 1.165) is 11.1 Å². The average molecular weight is 377 g/mol. The molecule has 0 saturated carbocycles. The molecule has 0 bridgehead atoms. The van der Waals surface area contributed by atoms with Gasteiger partial charge in [0.2, 0.25) is 0 Å². The van der Waals surface area contributed by atoms with Gasteiger partial charge in [-0.3, -0.25) is 9.59 Å². The van der Waals surface area contributed by atoms with E-state index in [1.165, 1.54) is 0 Å². The van der Waals surface area contributed by atoms with Crippen LogP contribution >= 0.6 is 15.9 Å². The normalized spacial score (nSPS) is 14.9. The molecule has 1 fully saturated rings. The molecule has 0 atom stereocenters. The monoisotopic (exact) mass is 376 g/mol. The zero-order chi connectivity index (χ0) is 16.4. The predicted molar refractivity (Wildman–Crippen MR) is 89.4 cm³/mol. The van der Waals surface area contributed by atoms with Crippen molar-refractivity contribution in [3.8, 4) is 0 Å². The Balaban J connectivity index is 1.63. The maximum Gasteiger partial charge on any atom is 0.289 e. The number of rotatable bonds is 2. The average Bonchev–Trinajstić information content (AvgIpc) is 3.01. The van der Waals surface area contributed by atoms with Gasteiger partial charge in [0.25, 0.3) is 11.8 Å². The number of hydrogen-bond acceptors (Lipinski definition) is 3. The van der Waals surface area contributed by atoms with Gasteiger partial charge in [0.15, 0.2) is 10.4 Å². The van der Waals surface area contributed by atoms with E-state index in [1.54, 1.807) is 21.9 Å². The van der Waals surface area contributed by atoms with Crippen LogP contribution < -0.4 is 0 Å². The van der Waals surface area contributed by atoms with Crippen LogP contribution in [0.1, 0.15) is 26.5 Å². The molecule has 1 saturated heterocycles. The van der Waals surface area contributed by atoms with Crippen LogP contribution in [0.3, 0.4) is 0 Å². The van der Waals surface area contributed by atoms with E-state index in [0.29, 0.717) is 36.6 Å². The maximum atomic E-state index is 12.6. The largest absolute Gasteiger partial charge is 0.444 e. The van der Waals surface area contributed by atoms with Gasteiger partial charge in [-0.05, 0) is 46.6 Å². The second kappa shape index (κ2) is 6.58. The lowest BCUT2D eigenvalue weighted by molar-refractivity contribution is 0.0517. The maximum absolute atomic E-state index is 12.6. The highest BCUT2D eigenvalue weighted by molar-refractivity contribution is 9.10. The number of amides is 2. The molecular weight excluding hydrogens is 360 g/mol. The first-order valence-corrected chi connectivity index (χ1v) is 8.25. The highest BCUT2D eigenvalue weighted by Gasteiger charge is 2.27. The van der Waals surface area contributed by atoms with Crippen molar-refractivity contribution in [3.63, 3.8) is 0 Å². The van der Waals surface area contributed by atoms with Crippen molar-refractivity contribution in [2.75, 3.05) is 26.2 Å². The Morgan fingerprint density at radius 1 is 0.957 bits per heavy atom. The molecule has 2 aromatic rings. The molecule has 1 aliphatic heterocycles. The van der Waals surface area contributed by atoms with Crippen LogP contribution in [0.25, 0.3) is 0 Å². The second-order valence-electron chi connectivity index (χ2n) is 5.50. The summed E-state index contributed by atoms with van der Waals surface area (Å²) >= 11 is 3.20. The van der Waals surface area contributed by atoms with Crippen LogP contribution in [0.5, 0.6) is 0 Å². The summed E-state index contributed by atoms with van der Waals surface area (Å²) in [6.45, 7) is 4.01. The molecule has 120 valence electrons. The molecule has 0 aliphatic carbocycles. The lowest BCUT2D eigenvalue weighted by Gasteiger charge is -2.34. The fourth-order valence-corrected chi connectivity index (χ4v) is 2.99. The molecule has 23 heavy (non-hydrogen) atoms. The summed E-state index contributed by atoms with van der Waals surface area (Å²) in [5.41, 5.74) is 1.69. The van der Waals surface area contributed by atoms with Crippen molar-refractivity contribution in [1.82, 2.24) is 9.80 Å². The van der Waals surface area contributed by atoms with Crippen LogP contribution in [0.4, 0.5) is 0 Å². The van der Waals surface area contributed by atoms with E-state index in [4.69, 9.17) is 4.42 Å². The number of carbonyl (C=O) groups excluding carboxylic acids is 2. The Morgan fingerprint density at radius 2 is 1.57 bits per heavy atom. The van der Waals surface area contributed by atoms with Crippen molar-refractivity contribution in [1.29, 1.82) is 0 Å². The molecule has 1 aromatic carbocycles. The first-order valence-electron chi connectivity index (χ1n) is 7.46. The first kappa shape index (κ1) is 15.8. The SMILES string of the molecule is Cc1ccccc1C(=O)N1CCN(C(=O)c2ccc(Br)o2)CC1. The topological polar surface area (TPSA) is 53.8 Å². The number of hydrogen-bond donors (Lipinski definition) is 0. The summed E-state index contributed by atoms with van der Waals surface area (Å²) in [7, 11) is 0. The molecule has 3 rings (SSSR count). The molecule has 1 aromatic heterocycles. The Hall–Kier alpha value is -2.08. The zero-order valence-corrected chi connectivity index (χ0v) is 14.4. The second-order valence-corrected chi connectivity index (χ2v) is 6.28. The standard InChI is InChI=1S/C17H17BrN2O3/c1-12-4-2-3-5-13(12)16(21)19-8-10-20(11-9-19)17(22)14-6-7-15(18)23-14/h2-7H,8-11H2,1H3. The summed E-state index contributed by atoms with van der Waals surface area (Å²) in [4.78, 5) is 28.4. The lowest BCUT2D eigenvalue weighted by atomic mass is 10.1. The van der Waals surface area contributed by atoms with Crippen LogP contribution in [0, 0.1) is 6.92 Å². The Kier molecular flexibility index (Phi) is 4.52. The van der Waals surface area contributed by atoms with Gasteiger partial charge >= 0.3 is 0 Å². The van der Waals surface area contributed by atoms with Gasteiger partial charge in [-0.2, -0.15) is 0 Å². The van der Waals surface area contributed by atoms with E-state index in [1.807, 2.05) is 31.2 Å². The molecule has 2 amide bonds. The molecule has 2 heterocycles. The van der Waals surface area contributed by atoms with Crippen LogP contribution in [0.2, 0.25) is 0 Å². The minimum atomic E-state index is -0.140. The zero-order valence-electron chi connectivity index (χ0n) is 12.8. The van der Waals surface area contributed by atoms with Gasteiger partial charge in [-0.1, -0.05) is 18.2 Å². The third-order valence-corrected chi connectivity index (χ3v) is 4.44. The summed E-state index contributed by atoms with van der Waals surface area (Å²) < 4.78 is 5.84. The molecule has 0 spiro atoms. The molecular formula is C17H17BrN2O3. The fourth-order valence-electron chi connectivity index (χ4n) is 2.68. The minimum Gasteiger partial charge on any atom is -0.444 e. The summed E-state index contributed by atoms with van der Waals surface area (Å²) in [5, 5.41) is 0. The molecule has 1 aliphatic rings. The van der Waals surface area contributed by atoms with E-state index >= 15 is 0 Å². The smallest absolute Gasteiger partial charge is 0.289 e. The fraction of sp³-hybridized carbons (Fsp3) is 0.294. The van der Waals surface area contributed by atoms with Gasteiger partial charge < -0.3 is 14.2 Å². The van der Waals surface area contributed by atoms with Crippen molar-refractivity contribution in [2.45, 2.75) is 6.92 Å². The third-order valence-electron chi connectivity index (χ3n) is 4.01. The van der Waals surface area contributed by atoms with Crippen LogP contribution in [-0.4, -0.2) is 47.8 Å². The first-order chi connectivity index (χ1) is 11.1. The Morgan fingerprint density at radius 3 is 2.13 bits per heavy atom. The Labute approximate surface area is 143 Å². The number of furan rings is 1. The minimum absolute atomic E-state index is 0.0240. The number of piperazine rings is 1. The lowest BCUT2D eigenvalue weighted by Crippen LogP contribution is -2.50. The van der Waals surface area contributed by atoms with Crippen molar-refractivity contribution < 1.29 is 14.0 Å². The van der Waals surface area contributed by atoms with Crippen LogP contribution in [0.15, 0.2) is 45.5 Å². The van der Waals surface area contributed by atoms with Gasteiger partial charge in [0.05, 0.1) is 0 Å². The number of carbonyl (C=O) groups is 2. The molecule has 0 radical (unpaired) electrons. The molecule has 6 heteroatoms. The van der Waals surface area contributed by atoms with E-state index in [9.17, 15) is 9.59 Å². The third kappa shape index (κ3) is 3.32. The quantitative estimate of drug-likeness (QED) is 0.809. The highest BCUT2D eigenvalue weighted by Crippen LogP contribution is 2.18. The number of aryl methyl sites for hydroxylation is 1. The Bertz CT molecular complexity index is 733. The molecule has 0 unspecified atom stereocenters. The predicted octanol–water partition coefficient (Wildman–Crippen LogP) is 2.95. The number of benzene rings is 1. The van der Waals surface area contributed by atoms with Gasteiger partial charge in [0.1, 0.15) is 0 Å². The van der Waals surface area contributed by atoms with Crippen LogP contribution in [-0.2, 0) is 0 Å². The van der Waals surface area contributed by atoms with Crippen molar-refractivity contribution in [3.05, 3.63) is 58.0 Å². The summed E-state index contributed by atoms with van der Waals surface area (Å²) in [5.74, 6) is 0.199. The molecule has 0 N–H and O–H groups in total. The van der Waals surface area contributed by atoms with Gasteiger partial charge in [-0.15, -0.1) is 0 Å². The van der Waals surface area contributed by atoms with Crippen molar-refractivity contribution >= 4 is 27.7 Å². The number of halogens is 1. The van der Waals surface area contributed by atoms with Gasteiger partial charge in [0, 0.05) is 31.7 Å². The van der Waals surface area contributed by atoms with Crippen molar-refractivity contribution in [2.24, 2.45) is 0 Å². The summed E-state index contributed by atoms with van der Waals surface area (Å²) in [6.07, 6.45) is 0. The van der Waals surface area contributed by atoms with E-state index in [-0.39, 0.29) is 11.8 Å². The van der Waals surface area contributed by atoms with Gasteiger partial charge in [-0.25, -0.2) is 0 Å². The van der Waals surface area contributed by atoms with E-state index < -0.39 is 0 Å².